The van der Waals surface area contributed by atoms with Gasteiger partial charge in [0.2, 0.25) is 5.91 Å². The third-order valence-corrected chi connectivity index (χ3v) is 7.27. The molecule has 0 aliphatic rings. The summed E-state index contributed by atoms with van der Waals surface area (Å²) in [7, 11) is -4.19. The molecule has 0 heterocycles. The second kappa shape index (κ2) is 11.4. The van der Waals surface area contributed by atoms with Crippen molar-refractivity contribution in [3.63, 3.8) is 0 Å². The van der Waals surface area contributed by atoms with Crippen LogP contribution in [-0.2, 0) is 21.5 Å². The average molecular weight is 516 g/mol. The normalized spacial score (nSPS) is 11.7. The molecule has 0 fully saturated rings. The topological polar surface area (TPSA) is 66.9 Å². The van der Waals surface area contributed by atoms with E-state index in [9.17, 15) is 13.2 Å². The number of rotatable bonds is 10. The molecule has 33 heavy (non-hydrogen) atoms. The van der Waals surface area contributed by atoms with Crippen molar-refractivity contribution in [1.82, 2.24) is 4.90 Å². The highest BCUT2D eigenvalue weighted by Gasteiger charge is 2.25. The molecule has 0 spiro atoms. The Morgan fingerprint density at radius 2 is 1.61 bits per heavy atom. The summed E-state index contributed by atoms with van der Waals surface area (Å²) in [6.07, 6.45) is 0. The molecular weight excluding hydrogens is 483 g/mol. The predicted octanol–water partition coefficient (Wildman–Crippen LogP) is 6.00. The lowest BCUT2D eigenvalue weighted by Crippen LogP contribution is -2.39. The smallest absolute Gasteiger partial charge is 0.339 e. The van der Waals surface area contributed by atoms with Gasteiger partial charge in [0, 0.05) is 48.9 Å². The zero-order valence-electron chi connectivity index (χ0n) is 19.9. The van der Waals surface area contributed by atoms with Crippen LogP contribution in [0.25, 0.3) is 0 Å². The number of hydrogen-bond donors (Lipinski definition) is 0. The van der Waals surface area contributed by atoms with Crippen LogP contribution in [0.15, 0.2) is 41.3 Å². The molecule has 0 saturated carbocycles. The van der Waals surface area contributed by atoms with Crippen molar-refractivity contribution in [3.05, 3.63) is 52.0 Å². The predicted molar refractivity (Wildman–Crippen MR) is 135 cm³/mol. The molecule has 6 nitrogen and oxygen atoms in total. The maximum absolute atomic E-state index is 13.1. The van der Waals surface area contributed by atoms with E-state index < -0.39 is 10.1 Å². The van der Waals surface area contributed by atoms with Crippen molar-refractivity contribution in [2.24, 2.45) is 5.92 Å². The second-order valence-electron chi connectivity index (χ2n) is 8.29. The number of nitrogens with zero attached hydrogens (tertiary/aromatic N) is 2. The van der Waals surface area contributed by atoms with E-state index in [-0.39, 0.29) is 45.1 Å². The first-order valence-corrected chi connectivity index (χ1v) is 13.2. The maximum atomic E-state index is 13.1. The highest BCUT2D eigenvalue weighted by molar-refractivity contribution is 7.87. The molecule has 2 rings (SSSR count). The van der Waals surface area contributed by atoms with Gasteiger partial charge in [0.05, 0.1) is 10.0 Å². The van der Waals surface area contributed by atoms with Crippen LogP contribution < -0.4 is 9.08 Å². The van der Waals surface area contributed by atoms with Gasteiger partial charge in [-0.05, 0) is 52.0 Å². The zero-order chi connectivity index (χ0) is 24.9. The Balaban J connectivity index is 2.55. The summed E-state index contributed by atoms with van der Waals surface area (Å²) >= 11 is 12.0. The number of benzene rings is 2. The van der Waals surface area contributed by atoms with E-state index in [0.29, 0.717) is 5.56 Å². The minimum atomic E-state index is -4.19. The van der Waals surface area contributed by atoms with Gasteiger partial charge in [0.25, 0.3) is 0 Å². The maximum Gasteiger partial charge on any atom is 0.339 e. The van der Waals surface area contributed by atoms with Crippen LogP contribution in [-0.4, -0.2) is 38.4 Å². The summed E-state index contributed by atoms with van der Waals surface area (Å²) in [6.45, 7) is 13.3. The molecule has 0 radical (unpaired) electrons. The number of halogens is 2. The lowest BCUT2D eigenvalue weighted by molar-refractivity contribution is -0.136. The summed E-state index contributed by atoms with van der Waals surface area (Å²) in [5, 5.41) is 0.367. The Labute approximate surface area is 207 Å². The molecule has 182 valence electrons. The Kier molecular flexibility index (Phi) is 9.47. The molecule has 0 bridgehead atoms. The van der Waals surface area contributed by atoms with Gasteiger partial charge in [-0.15, -0.1) is 0 Å². The summed E-state index contributed by atoms with van der Waals surface area (Å²) < 4.78 is 31.8. The van der Waals surface area contributed by atoms with E-state index in [1.165, 1.54) is 18.2 Å². The zero-order valence-corrected chi connectivity index (χ0v) is 22.3. The molecule has 0 aliphatic carbocycles. The average Bonchev–Trinajstić information content (AvgIpc) is 2.74. The number of hydrogen-bond acceptors (Lipinski definition) is 5. The first-order valence-electron chi connectivity index (χ1n) is 11.0. The molecular formula is C24H32Cl2N2O4S. The van der Waals surface area contributed by atoms with Gasteiger partial charge in [-0.2, -0.15) is 8.42 Å². The highest BCUT2D eigenvalue weighted by Crippen LogP contribution is 2.32. The fourth-order valence-corrected chi connectivity index (χ4v) is 4.71. The molecule has 2 aromatic carbocycles. The van der Waals surface area contributed by atoms with Gasteiger partial charge in [0.15, 0.2) is 0 Å². The van der Waals surface area contributed by atoms with E-state index >= 15 is 0 Å². The van der Waals surface area contributed by atoms with Crippen LogP contribution in [0.5, 0.6) is 5.75 Å². The lowest BCUT2D eigenvalue weighted by atomic mass is 10.1. The third kappa shape index (κ3) is 6.78. The van der Waals surface area contributed by atoms with Crippen molar-refractivity contribution >= 4 is 44.9 Å². The van der Waals surface area contributed by atoms with Gasteiger partial charge in [-0.25, -0.2) is 0 Å². The molecule has 0 N–H and O–H groups in total. The molecule has 0 aromatic heterocycles. The Morgan fingerprint density at radius 3 is 2.12 bits per heavy atom. The number of amides is 1. The van der Waals surface area contributed by atoms with Gasteiger partial charge < -0.3 is 14.0 Å². The SMILES string of the molecule is CCN(CC)c1ccc(CN(C(=O)C(C)C)C(C)C)c(OS(=O)(=O)c2ccc(Cl)c(Cl)c2)c1. The van der Waals surface area contributed by atoms with Gasteiger partial charge in [-0.1, -0.05) is 43.1 Å². The van der Waals surface area contributed by atoms with Crippen molar-refractivity contribution < 1.29 is 17.4 Å². The molecule has 0 saturated heterocycles. The lowest BCUT2D eigenvalue weighted by Gasteiger charge is -2.30. The molecule has 0 aliphatic heterocycles. The molecule has 1 amide bonds. The Hall–Kier alpha value is -1.96. The highest BCUT2D eigenvalue weighted by atomic mass is 35.5. The minimum absolute atomic E-state index is 0.0175. The van der Waals surface area contributed by atoms with Crippen LogP contribution in [0.2, 0.25) is 10.0 Å². The molecule has 9 heteroatoms. The van der Waals surface area contributed by atoms with Gasteiger partial charge in [-0.3, -0.25) is 4.79 Å². The fraction of sp³-hybridized carbons (Fsp3) is 0.458. The largest absolute Gasteiger partial charge is 0.379 e. The summed E-state index contributed by atoms with van der Waals surface area (Å²) in [5.74, 6) is -0.0320. The van der Waals surface area contributed by atoms with Crippen molar-refractivity contribution in [2.75, 3.05) is 18.0 Å². The van der Waals surface area contributed by atoms with Crippen LogP contribution >= 0.6 is 23.2 Å². The number of carbonyl (C=O) groups is 1. The Bertz CT molecular complexity index is 1080. The number of anilines is 1. The first kappa shape index (κ1) is 27.3. The standard InChI is InChI=1S/C24H32Cl2N2O4S/c1-7-27(8-2)19-10-9-18(15-28(17(5)6)24(29)16(3)4)23(13-19)32-33(30,31)20-11-12-21(25)22(26)14-20/h9-14,16-17H,7-8,15H2,1-6H3. The molecule has 0 atom stereocenters. The second-order valence-corrected chi connectivity index (χ2v) is 10.7. The van der Waals surface area contributed by atoms with Crippen LogP contribution in [0.4, 0.5) is 5.69 Å². The van der Waals surface area contributed by atoms with E-state index in [4.69, 9.17) is 27.4 Å². The van der Waals surface area contributed by atoms with Crippen molar-refractivity contribution in [3.8, 4) is 5.75 Å². The fourth-order valence-electron chi connectivity index (χ4n) is 3.37. The van der Waals surface area contributed by atoms with E-state index in [1.807, 2.05) is 53.7 Å². The third-order valence-electron chi connectivity index (χ3n) is 5.30. The first-order chi connectivity index (χ1) is 15.4. The van der Waals surface area contributed by atoms with Crippen LogP contribution in [0.3, 0.4) is 0 Å². The van der Waals surface area contributed by atoms with Gasteiger partial charge >= 0.3 is 10.1 Å². The molecule has 0 unspecified atom stereocenters. The minimum Gasteiger partial charge on any atom is -0.379 e. The van der Waals surface area contributed by atoms with E-state index in [1.54, 1.807) is 11.0 Å². The van der Waals surface area contributed by atoms with E-state index in [2.05, 4.69) is 4.90 Å². The monoisotopic (exact) mass is 514 g/mol. The summed E-state index contributed by atoms with van der Waals surface area (Å²) in [4.78, 5) is 16.5. The van der Waals surface area contributed by atoms with E-state index in [0.717, 1.165) is 18.8 Å². The van der Waals surface area contributed by atoms with Crippen LogP contribution in [0, 0.1) is 5.92 Å². The Morgan fingerprint density at radius 1 is 0.970 bits per heavy atom. The van der Waals surface area contributed by atoms with Crippen LogP contribution in [0.1, 0.15) is 47.1 Å². The molecule has 2 aromatic rings. The van der Waals surface area contributed by atoms with Gasteiger partial charge in [0.1, 0.15) is 10.6 Å². The van der Waals surface area contributed by atoms with Crippen molar-refractivity contribution in [1.29, 1.82) is 0 Å². The quantitative estimate of drug-likeness (QED) is 0.363. The van der Waals surface area contributed by atoms with Crippen molar-refractivity contribution in [2.45, 2.75) is 59.0 Å². The summed E-state index contributed by atoms with van der Waals surface area (Å²) in [5.41, 5.74) is 1.42. The number of carbonyl (C=O) groups excluding carboxylic acids is 1. The summed E-state index contributed by atoms with van der Waals surface area (Å²) in [6, 6.07) is 9.39.